The van der Waals surface area contributed by atoms with Crippen LogP contribution in [0.3, 0.4) is 0 Å². The van der Waals surface area contributed by atoms with Gasteiger partial charge in [-0.2, -0.15) is 0 Å². The Morgan fingerprint density at radius 2 is 2.15 bits per heavy atom. The molecule has 4 aromatic rings. The van der Waals surface area contributed by atoms with Gasteiger partial charge in [0, 0.05) is 30.1 Å². The predicted molar refractivity (Wildman–Crippen MR) is 137 cm³/mol. The van der Waals surface area contributed by atoms with Crippen molar-refractivity contribution < 1.29 is 13.2 Å². The highest BCUT2D eigenvalue weighted by Gasteiger charge is 2.29. The van der Waals surface area contributed by atoms with Gasteiger partial charge in [-0.25, -0.2) is 18.4 Å². The molecule has 0 saturated carbocycles. The van der Waals surface area contributed by atoms with Crippen LogP contribution in [0.4, 0.5) is 11.5 Å². The average Bonchev–Trinajstić information content (AvgIpc) is 3.34. The Kier molecular flexibility index (Phi) is 6.13. The average molecular weight is 517 g/mol. The summed E-state index contributed by atoms with van der Waals surface area (Å²) in [6, 6.07) is 5.99. The molecule has 12 heteroatoms. The van der Waals surface area contributed by atoms with E-state index < -0.39 is 9.84 Å². The number of sulfone groups is 1. The second kappa shape index (κ2) is 9.08. The molecular formula is C22H24N6O3S3. The maximum absolute atomic E-state index is 12.8. The second-order valence-corrected chi connectivity index (χ2v) is 12.6. The molecule has 1 aliphatic carbocycles. The van der Waals surface area contributed by atoms with Crippen LogP contribution in [-0.4, -0.2) is 52.8 Å². The lowest BCUT2D eigenvalue weighted by Crippen LogP contribution is -2.35. The summed E-state index contributed by atoms with van der Waals surface area (Å²) in [6.45, 7) is 0.355. The largest absolute Gasteiger partial charge is 0.356 e. The van der Waals surface area contributed by atoms with Crippen LogP contribution >= 0.6 is 23.6 Å². The summed E-state index contributed by atoms with van der Waals surface area (Å²) in [5, 5.41) is 7.21. The minimum atomic E-state index is -3.03. The molecule has 1 aliphatic rings. The lowest BCUT2D eigenvalue weighted by atomic mass is 9.86. The van der Waals surface area contributed by atoms with Crippen LogP contribution in [0, 0.1) is 9.87 Å². The van der Waals surface area contributed by atoms with Crippen molar-refractivity contribution >= 4 is 72.1 Å². The number of amides is 1. The van der Waals surface area contributed by atoms with E-state index >= 15 is 0 Å². The van der Waals surface area contributed by atoms with Crippen molar-refractivity contribution in [2.75, 3.05) is 23.9 Å². The molecule has 3 aromatic heterocycles. The van der Waals surface area contributed by atoms with Crippen molar-refractivity contribution in [1.29, 1.82) is 0 Å². The first-order valence-electron chi connectivity index (χ1n) is 11.0. The van der Waals surface area contributed by atoms with Gasteiger partial charge in [0.2, 0.25) is 5.91 Å². The number of carbonyl (C=O) groups is 1. The van der Waals surface area contributed by atoms with E-state index in [1.807, 2.05) is 18.2 Å². The number of aromatic amines is 2. The van der Waals surface area contributed by atoms with E-state index in [2.05, 4.69) is 30.6 Å². The van der Waals surface area contributed by atoms with Crippen LogP contribution in [0.25, 0.3) is 21.3 Å². The van der Waals surface area contributed by atoms with Gasteiger partial charge < -0.3 is 20.6 Å². The molecule has 0 aliphatic heterocycles. The molecule has 3 heterocycles. The molecule has 1 aromatic carbocycles. The first kappa shape index (κ1) is 22.9. The van der Waals surface area contributed by atoms with E-state index in [0.29, 0.717) is 25.2 Å². The van der Waals surface area contributed by atoms with Gasteiger partial charge in [0.15, 0.2) is 3.95 Å². The molecule has 34 heavy (non-hydrogen) atoms. The Hall–Kier alpha value is -2.83. The zero-order valence-electron chi connectivity index (χ0n) is 18.5. The van der Waals surface area contributed by atoms with Gasteiger partial charge in [-0.3, -0.25) is 4.79 Å². The number of H-pyrrole nitrogens is 2. The summed E-state index contributed by atoms with van der Waals surface area (Å²) in [6.07, 6.45) is 5.19. The van der Waals surface area contributed by atoms with Crippen LogP contribution < -0.4 is 10.6 Å². The topological polar surface area (TPSA) is 133 Å². The van der Waals surface area contributed by atoms with Crippen molar-refractivity contribution in [2.24, 2.45) is 5.92 Å². The molecular weight excluding hydrogens is 492 g/mol. The monoisotopic (exact) mass is 516 g/mol. The molecule has 5 rings (SSSR count). The summed E-state index contributed by atoms with van der Waals surface area (Å²) in [4.78, 5) is 28.2. The smallest absolute Gasteiger partial charge is 0.223 e. The van der Waals surface area contributed by atoms with Crippen molar-refractivity contribution in [2.45, 2.75) is 25.7 Å². The quantitative estimate of drug-likeness (QED) is 0.218. The van der Waals surface area contributed by atoms with Crippen LogP contribution in [-0.2, 0) is 27.5 Å². The fourth-order valence-corrected chi connectivity index (χ4v) is 6.23. The Labute approximate surface area is 205 Å². The molecule has 0 saturated heterocycles. The number of nitrogens with one attached hydrogen (secondary N) is 4. The molecule has 0 radical (unpaired) electrons. The Bertz CT molecular complexity index is 1550. The molecule has 178 valence electrons. The number of aromatic nitrogens is 4. The van der Waals surface area contributed by atoms with Crippen molar-refractivity contribution in [3.63, 3.8) is 0 Å². The van der Waals surface area contributed by atoms with Crippen LogP contribution in [0.1, 0.15) is 24.1 Å². The Morgan fingerprint density at radius 3 is 2.97 bits per heavy atom. The number of hydrogen-bond donors (Lipinski definition) is 4. The zero-order chi connectivity index (χ0) is 23.9. The summed E-state index contributed by atoms with van der Waals surface area (Å²) in [7, 11) is -3.03. The van der Waals surface area contributed by atoms with Crippen LogP contribution in [0.5, 0.6) is 0 Å². The Morgan fingerprint density at radius 1 is 1.29 bits per heavy atom. The third kappa shape index (κ3) is 4.84. The lowest BCUT2D eigenvalue weighted by molar-refractivity contribution is -0.125. The molecule has 0 unspecified atom stereocenters. The minimum Gasteiger partial charge on any atom is -0.356 e. The summed E-state index contributed by atoms with van der Waals surface area (Å²) >= 11 is 6.76. The normalized spacial score (nSPS) is 16.0. The number of benzene rings is 1. The number of nitrogens with zero attached hydrogens (tertiary/aromatic N) is 2. The van der Waals surface area contributed by atoms with Crippen molar-refractivity contribution in [1.82, 2.24) is 25.3 Å². The lowest BCUT2D eigenvalue weighted by Gasteiger charge is -2.22. The standard InChI is InChI=1S/C22H24N6O3S3/c1-34(30,31)8-2-7-23-21(29)12-3-5-15-14(9-12)18-19(24-11-25-20(18)27-15)26-13-4-6-16-17(10-13)33-22(32)28-16/h4,6,10-12H,2-3,5,7-9H2,1H3,(H,23,29)(H,28,32)(H2,24,25,26,27)/t12-/m0/s1. The van der Waals surface area contributed by atoms with Crippen molar-refractivity contribution in [3.8, 4) is 0 Å². The number of thiazole rings is 1. The van der Waals surface area contributed by atoms with Crippen LogP contribution in [0.15, 0.2) is 24.5 Å². The van der Waals surface area contributed by atoms with E-state index in [9.17, 15) is 13.2 Å². The van der Waals surface area contributed by atoms with Gasteiger partial charge in [0.25, 0.3) is 0 Å². The molecule has 1 atom stereocenters. The summed E-state index contributed by atoms with van der Waals surface area (Å²) in [5.41, 5.74) is 4.77. The number of aryl methyl sites for hydroxylation is 1. The maximum Gasteiger partial charge on any atom is 0.223 e. The number of rotatable bonds is 7. The van der Waals surface area contributed by atoms with Gasteiger partial charge in [-0.15, -0.1) is 11.3 Å². The van der Waals surface area contributed by atoms with Crippen molar-refractivity contribution in [3.05, 3.63) is 39.7 Å². The highest BCUT2D eigenvalue weighted by molar-refractivity contribution is 7.90. The SMILES string of the molecule is CS(=O)(=O)CCCNC(=O)[C@H]1CCc2[nH]c3ncnc(Nc4ccc5[nH]c(=S)sc5c4)c3c2C1. The maximum atomic E-state index is 12.8. The molecule has 1 amide bonds. The third-order valence-electron chi connectivity index (χ3n) is 6.02. The summed E-state index contributed by atoms with van der Waals surface area (Å²) in [5.74, 6) is 0.537. The number of anilines is 2. The summed E-state index contributed by atoms with van der Waals surface area (Å²) < 4.78 is 24.4. The van der Waals surface area contributed by atoms with Gasteiger partial charge in [-0.1, -0.05) is 0 Å². The first-order valence-corrected chi connectivity index (χ1v) is 14.2. The van der Waals surface area contributed by atoms with E-state index in [1.54, 1.807) is 0 Å². The zero-order valence-corrected chi connectivity index (χ0v) is 20.9. The third-order valence-corrected chi connectivity index (χ3v) is 8.25. The van der Waals surface area contributed by atoms with Gasteiger partial charge in [-0.05, 0) is 61.7 Å². The number of carbonyl (C=O) groups excluding carboxylic acids is 1. The van der Waals surface area contributed by atoms with E-state index in [-0.39, 0.29) is 17.6 Å². The molecule has 4 N–H and O–H groups in total. The van der Waals surface area contributed by atoms with Crippen LogP contribution in [0.2, 0.25) is 0 Å². The fourth-order valence-electron chi connectivity index (χ4n) is 4.41. The molecule has 0 fully saturated rings. The molecule has 9 nitrogen and oxygen atoms in total. The van der Waals surface area contributed by atoms with E-state index in [0.717, 1.165) is 55.0 Å². The van der Waals surface area contributed by atoms with Gasteiger partial charge >= 0.3 is 0 Å². The number of fused-ring (bicyclic) bond motifs is 4. The van der Waals surface area contributed by atoms with Gasteiger partial charge in [0.05, 0.1) is 21.4 Å². The second-order valence-electron chi connectivity index (χ2n) is 8.59. The molecule has 0 spiro atoms. The highest BCUT2D eigenvalue weighted by Crippen LogP contribution is 2.35. The van der Waals surface area contributed by atoms with E-state index in [4.69, 9.17) is 12.2 Å². The highest BCUT2D eigenvalue weighted by atomic mass is 32.2. The number of hydrogen-bond acceptors (Lipinski definition) is 8. The fraction of sp³-hybridized carbons (Fsp3) is 0.364. The molecule has 0 bridgehead atoms. The van der Waals surface area contributed by atoms with E-state index in [1.165, 1.54) is 23.9 Å². The first-order chi connectivity index (χ1) is 16.3. The predicted octanol–water partition coefficient (Wildman–Crippen LogP) is 3.63. The Balaban J connectivity index is 1.37. The minimum absolute atomic E-state index is 0.0426. The van der Waals surface area contributed by atoms with Gasteiger partial charge in [0.1, 0.15) is 27.6 Å².